The van der Waals surface area contributed by atoms with Crippen LogP contribution in [0.3, 0.4) is 0 Å². The number of benzene rings is 1. The molecule has 0 radical (unpaired) electrons. The summed E-state index contributed by atoms with van der Waals surface area (Å²) in [4.78, 5) is 36.9. The highest BCUT2D eigenvalue weighted by molar-refractivity contribution is 6.00. The summed E-state index contributed by atoms with van der Waals surface area (Å²) in [5.41, 5.74) is 2.17. The summed E-state index contributed by atoms with van der Waals surface area (Å²) >= 11 is 0. The first-order valence-electron chi connectivity index (χ1n) is 12.2. The zero-order valence-electron chi connectivity index (χ0n) is 20.0. The van der Waals surface area contributed by atoms with Gasteiger partial charge in [0.25, 0.3) is 5.91 Å². The molecule has 1 aromatic carbocycles. The van der Waals surface area contributed by atoms with E-state index in [1.807, 2.05) is 19.2 Å². The number of anilines is 1. The highest BCUT2D eigenvalue weighted by Gasteiger charge is 2.56. The predicted octanol–water partition coefficient (Wildman–Crippen LogP) is 1.48. The minimum absolute atomic E-state index is 0.0758. The van der Waals surface area contributed by atoms with Crippen LogP contribution in [0.5, 0.6) is 5.75 Å². The number of nitrogens with one attached hydrogen (secondary N) is 1. The van der Waals surface area contributed by atoms with Gasteiger partial charge in [0.1, 0.15) is 24.2 Å². The molecule has 9 heteroatoms. The highest BCUT2D eigenvalue weighted by Crippen LogP contribution is 2.37. The maximum atomic E-state index is 13.6. The molecule has 0 aromatic heterocycles. The van der Waals surface area contributed by atoms with Crippen LogP contribution in [0.2, 0.25) is 0 Å². The Labute approximate surface area is 196 Å². The Balaban J connectivity index is 1.38. The van der Waals surface area contributed by atoms with Crippen molar-refractivity contribution in [2.75, 3.05) is 58.3 Å². The van der Waals surface area contributed by atoms with Crippen LogP contribution in [0.4, 0.5) is 10.5 Å². The molecule has 1 N–H and O–H groups in total. The summed E-state index contributed by atoms with van der Waals surface area (Å²) in [5, 5.41) is 3.59. The summed E-state index contributed by atoms with van der Waals surface area (Å²) in [7, 11) is 3.50. The lowest BCUT2D eigenvalue weighted by atomic mass is 10.1. The third-order valence-corrected chi connectivity index (χ3v) is 7.60. The topological polar surface area (TPSA) is 71.6 Å². The number of imide groups is 1. The molecule has 4 saturated heterocycles. The van der Waals surface area contributed by atoms with Gasteiger partial charge < -0.3 is 19.4 Å². The molecule has 5 rings (SSSR count). The van der Waals surface area contributed by atoms with Crippen molar-refractivity contribution >= 4 is 17.6 Å². The number of likely N-dealkylation sites (tertiary alicyclic amines) is 1. The number of piperidine rings is 1. The number of hydrogen-bond donors (Lipinski definition) is 1. The standard InChI is InChI=1S/C24H36N6O3/c1-17-8-9-19(33-3)18(16-17)28-12-7-13-29-20-21(25-23(28)29)26(2)24(32)30(22(20)31)15-14-27-10-5-4-6-11-27/h8-9,16,20-21,23,25H,4-7,10-15H2,1-3H3. The van der Waals surface area contributed by atoms with Crippen molar-refractivity contribution in [1.82, 2.24) is 24.9 Å². The summed E-state index contributed by atoms with van der Waals surface area (Å²) in [6.07, 6.45) is 4.11. The van der Waals surface area contributed by atoms with E-state index in [-0.39, 0.29) is 30.4 Å². The Bertz CT molecular complexity index is 904. The lowest BCUT2D eigenvalue weighted by Gasteiger charge is -2.44. The molecule has 3 unspecified atom stereocenters. The lowest BCUT2D eigenvalue weighted by Crippen LogP contribution is -2.67. The van der Waals surface area contributed by atoms with E-state index < -0.39 is 0 Å². The van der Waals surface area contributed by atoms with Crippen LogP contribution in [0.1, 0.15) is 31.2 Å². The van der Waals surface area contributed by atoms with Crippen molar-refractivity contribution in [3.05, 3.63) is 23.8 Å². The third-order valence-electron chi connectivity index (χ3n) is 7.60. The number of carbonyl (C=O) groups excluding carboxylic acids is 2. The zero-order chi connectivity index (χ0) is 23.1. The summed E-state index contributed by atoms with van der Waals surface area (Å²) in [6.45, 7) is 7.07. The number of nitrogens with zero attached hydrogens (tertiary/aromatic N) is 5. The molecule has 3 atom stereocenters. The first-order chi connectivity index (χ1) is 16.0. The van der Waals surface area contributed by atoms with Gasteiger partial charge in [0.15, 0.2) is 0 Å². The third kappa shape index (κ3) is 3.96. The number of rotatable bonds is 5. The summed E-state index contributed by atoms with van der Waals surface area (Å²) in [5.74, 6) is 0.742. The fraction of sp³-hybridized carbons (Fsp3) is 0.667. The molecule has 3 amide bonds. The first-order valence-corrected chi connectivity index (χ1v) is 12.2. The Kier molecular flexibility index (Phi) is 6.20. The number of fused-ring (bicyclic) bond motifs is 3. The van der Waals surface area contributed by atoms with E-state index in [1.54, 1.807) is 12.0 Å². The fourth-order valence-corrected chi connectivity index (χ4v) is 5.82. The molecule has 4 aliphatic heterocycles. The molecule has 4 heterocycles. The largest absolute Gasteiger partial charge is 0.495 e. The number of amides is 3. The maximum absolute atomic E-state index is 13.6. The zero-order valence-corrected chi connectivity index (χ0v) is 20.0. The van der Waals surface area contributed by atoms with Crippen LogP contribution < -0.4 is 15.0 Å². The van der Waals surface area contributed by atoms with Gasteiger partial charge in [-0.15, -0.1) is 0 Å². The molecule has 1 aromatic rings. The number of urea groups is 1. The van der Waals surface area contributed by atoms with Crippen LogP contribution in [-0.4, -0.2) is 103 Å². The van der Waals surface area contributed by atoms with Gasteiger partial charge in [-0.1, -0.05) is 12.5 Å². The van der Waals surface area contributed by atoms with E-state index in [2.05, 4.69) is 33.0 Å². The molecule has 0 spiro atoms. The highest BCUT2D eigenvalue weighted by atomic mass is 16.5. The van der Waals surface area contributed by atoms with Gasteiger partial charge in [0.2, 0.25) is 0 Å². The second-order valence-corrected chi connectivity index (χ2v) is 9.68. The first kappa shape index (κ1) is 22.4. The van der Waals surface area contributed by atoms with E-state index in [9.17, 15) is 9.59 Å². The van der Waals surface area contributed by atoms with Crippen molar-refractivity contribution in [2.45, 2.75) is 51.1 Å². The van der Waals surface area contributed by atoms with Crippen LogP contribution in [0.25, 0.3) is 0 Å². The minimum Gasteiger partial charge on any atom is -0.495 e. The number of aryl methyl sites for hydroxylation is 1. The average molecular weight is 457 g/mol. The average Bonchev–Trinajstić information content (AvgIpc) is 3.23. The van der Waals surface area contributed by atoms with Crippen molar-refractivity contribution < 1.29 is 14.3 Å². The second-order valence-electron chi connectivity index (χ2n) is 9.68. The predicted molar refractivity (Wildman–Crippen MR) is 126 cm³/mol. The maximum Gasteiger partial charge on any atom is 0.327 e. The van der Waals surface area contributed by atoms with Crippen LogP contribution in [0, 0.1) is 6.92 Å². The van der Waals surface area contributed by atoms with Crippen molar-refractivity contribution in [3.8, 4) is 5.75 Å². The van der Waals surface area contributed by atoms with E-state index in [4.69, 9.17) is 4.74 Å². The minimum atomic E-state index is -0.377. The molecule has 4 fully saturated rings. The molecule has 0 saturated carbocycles. The molecule has 33 heavy (non-hydrogen) atoms. The molecule has 180 valence electrons. The van der Waals surface area contributed by atoms with Gasteiger partial charge in [-0.2, -0.15) is 0 Å². The molecular weight excluding hydrogens is 420 g/mol. The Morgan fingerprint density at radius 2 is 1.82 bits per heavy atom. The summed E-state index contributed by atoms with van der Waals surface area (Å²) < 4.78 is 5.65. The van der Waals surface area contributed by atoms with Gasteiger partial charge in [0, 0.05) is 33.2 Å². The lowest BCUT2D eigenvalue weighted by molar-refractivity contribution is -0.138. The fourth-order valence-electron chi connectivity index (χ4n) is 5.82. The van der Waals surface area contributed by atoms with Crippen LogP contribution in [0.15, 0.2) is 18.2 Å². The van der Waals surface area contributed by atoms with Crippen molar-refractivity contribution in [2.24, 2.45) is 0 Å². The number of hydrogen-bond acceptors (Lipinski definition) is 7. The molecule has 0 aliphatic carbocycles. The quantitative estimate of drug-likeness (QED) is 0.720. The molecule has 0 bridgehead atoms. The Morgan fingerprint density at radius 3 is 2.58 bits per heavy atom. The number of ether oxygens (including phenoxy) is 1. The van der Waals surface area contributed by atoms with Gasteiger partial charge in [0.05, 0.1) is 12.8 Å². The van der Waals surface area contributed by atoms with E-state index in [1.165, 1.54) is 24.2 Å². The van der Waals surface area contributed by atoms with E-state index >= 15 is 0 Å². The Morgan fingerprint density at radius 1 is 1.03 bits per heavy atom. The van der Waals surface area contributed by atoms with Gasteiger partial charge in [-0.3, -0.25) is 19.9 Å². The molecule has 4 aliphatic rings. The SMILES string of the molecule is COc1ccc(C)cc1N1CCCN2C3C(=O)N(CCN4CCCCC4)C(=O)N(C)C3NC12. The molecule has 9 nitrogen and oxygen atoms in total. The van der Waals surface area contributed by atoms with Gasteiger partial charge in [-0.25, -0.2) is 4.79 Å². The van der Waals surface area contributed by atoms with Crippen molar-refractivity contribution in [3.63, 3.8) is 0 Å². The normalized spacial score (nSPS) is 28.8. The smallest absolute Gasteiger partial charge is 0.327 e. The van der Waals surface area contributed by atoms with Gasteiger partial charge >= 0.3 is 6.03 Å². The number of likely N-dealkylation sites (N-methyl/N-ethyl adjacent to an activating group) is 1. The van der Waals surface area contributed by atoms with Crippen molar-refractivity contribution in [1.29, 1.82) is 0 Å². The monoisotopic (exact) mass is 456 g/mol. The van der Waals surface area contributed by atoms with Gasteiger partial charge in [-0.05, 0) is 57.0 Å². The van der Waals surface area contributed by atoms with E-state index in [0.717, 1.165) is 56.1 Å². The van der Waals surface area contributed by atoms with E-state index in [0.29, 0.717) is 6.54 Å². The van der Waals surface area contributed by atoms with Crippen LogP contribution in [-0.2, 0) is 4.79 Å². The molecular formula is C24H36N6O3. The summed E-state index contributed by atoms with van der Waals surface area (Å²) in [6, 6.07) is 5.59. The Hall–Kier alpha value is -2.36. The number of methoxy groups -OCH3 is 1. The second kappa shape index (κ2) is 9.12. The number of carbonyl (C=O) groups is 2. The van der Waals surface area contributed by atoms with Crippen LogP contribution >= 0.6 is 0 Å².